The first-order valence-electron chi connectivity index (χ1n) is 5.01. The Balaban J connectivity index is 2.76. The van der Waals surface area contributed by atoms with Crippen LogP contribution in [0.15, 0.2) is 0 Å². The molecule has 0 fully saturated rings. The molecule has 0 saturated heterocycles. The van der Waals surface area contributed by atoms with E-state index in [1.165, 1.54) is 21.3 Å². The van der Waals surface area contributed by atoms with Gasteiger partial charge in [-0.15, -0.1) is 0 Å². The van der Waals surface area contributed by atoms with Crippen LogP contribution in [0.2, 0.25) is 0 Å². The number of aliphatic hydroxyl groups excluding tert-OH is 1. The number of aromatic hydroxyl groups is 1. The van der Waals surface area contributed by atoms with E-state index < -0.39 is 6.10 Å². The second-order valence-electron chi connectivity index (χ2n) is 3.52. The minimum Gasteiger partial charge on any atom is -0.501 e. The molecule has 0 bridgehead atoms. The van der Waals surface area contributed by atoms with E-state index in [2.05, 4.69) is 0 Å². The van der Waals surface area contributed by atoms with Gasteiger partial charge in [0.15, 0.2) is 11.5 Å². The maximum absolute atomic E-state index is 9.96. The number of hydrogen-bond acceptors (Lipinski definition) is 6. The molecule has 0 spiro atoms. The number of benzene rings is 1. The molecule has 0 amide bonds. The fourth-order valence-corrected chi connectivity index (χ4v) is 1.94. The van der Waals surface area contributed by atoms with Crippen molar-refractivity contribution >= 4 is 0 Å². The molecule has 0 radical (unpaired) electrons. The number of fused-ring (bicyclic) bond motifs is 1. The lowest BCUT2D eigenvalue weighted by Crippen LogP contribution is -2.01. The number of methoxy groups -OCH3 is 3. The van der Waals surface area contributed by atoms with Gasteiger partial charge in [-0.05, 0) is 0 Å². The van der Waals surface area contributed by atoms with Gasteiger partial charge >= 0.3 is 0 Å². The van der Waals surface area contributed by atoms with Crippen LogP contribution in [0.4, 0.5) is 0 Å². The van der Waals surface area contributed by atoms with Crippen LogP contribution in [0, 0.1) is 0 Å². The molecule has 2 N–H and O–H groups in total. The molecule has 0 aliphatic carbocycles. The van der Waals surface area contributed by atoms with Gasteiger partial charge in [-0.2, -0.15) is 0 Å². The summed E-state index contributed by atoms with van der Waals surface area (Å²) in [5.74, 6) is 0.586. The zero-order chi connectivity index (χ0) is 12.6. The Kier molecular flexibility index (Phi) is 2.89. The summed E-state index contributed by atoms with van der Waals surface area (Å²) in [4.78, 5) is 0. The van der Waals surface area contributed by atoms with Crippen LogP contribution in [0.25, 0.3) is 0 Å². The van der Waals surface area contributed by atoms with Gasteiger partial charge < -0.3 is 29.2 Å². The molecule has 1 heterocycles. The molecule has 6 nitrogen and oxygen atoms in total. The van der Waals surface area contributed by atoms with Crippen molar-refractivity contribution in [1.29, 1.82) is 0 Å². The molecule has 1 aliphatic heterocycles. The quantitative estimate of drug-likeness (QED) is 0.818. The zero-order valence-corrected chi connectivity index (χ0v) is 9.81. The molecule has 6 heteroatoms. The van der Waals surface area contributed by atoms with Crippen LogP contribution < -0.4 is 18.9 Å². The molecule has 1 unspecified atom stereocenters. The summed E-state index contributed by atoms with van der Waals surface area (Å²) < 4.78 is 20.6. The largest absolute Gasteiger partial charge is 0.501 e. The average molecular weight is 242 g/mol. The normalized spacial score (nSPS) is 17.3. The molecule has 17 heavy (non-hydrogen) atoms. The first kappa shape index (κ1) is 11.7. The topological polar surface area (TPSA) is 77.4 Å². The average Bonchev–Trinajstić information content (AvgIpc) is 2.70. The van der Waals surface area contributed by atoms with Crippen LogP contribution in [0.3, 0.4) is 0 Å². The van der Waals surface area contributed by atoms with E-state index in [1.807, 2.05) is 0 Å². The summed E-state index contributed by atoms with van der Waals surface area (Å²) in [6.07, 6.45) is -0.830. The van der Waals surface area contributed by atoms with Crippen molar-refractivity contribution in [3.63, 3.8) is 0 Å². The van der Waals surface area contributed by atoms with Crippen LogP contribution >= 0.6 is 0 Å². The summed E-state index contributed by atoms with van der Waals surface area (Å²) in [5, 5.41) is 19.8. The van der Waals surface area contributed by atoms with Crippen molar-refractivity contribution in [3.05, 3.63) is 5.56 Å². The van der Waals surface area contributed by atoms with Crippen LogP contribution in [0.1, 0.15) is 11.7 Å². The smallest absolute Gasteiger partial charge is 0.208 e. The molecule has 1 aromatic rings. The lowest BCUT2D eigenvalue weighted by atomic mass is 10.1. The highest BCUT2D eigenvalue weighted by atomic mass is 16.5. The number of phenols is 1. The number of phenolic OH excluding ortho intramolecular Hbond substituents is 1. The summed E-state index contributed by atoms with van der Waals surface area (Å²) in [6, 6.07) is 0. The molecule has 94 valence electrons. The van der Waals surface area contributed by atoms with E-state index in [0.29, 0.717) is 5.56 Å². The van der Waals surface area contributed by atoms with E-state index in [4.69, 9.17) is 18.9 Å². The SMILES string of the molecule is COc1c(O)c(OC)c2c(c1OC)C(O)CO2. The predicted molar refractivity (Wildman–Crippen MR) is 58.2 cm³/mol. The van der Waals surface area contributed by atoms with E-state index >= 15 is 0 Å². The number of rotatable bonds is 3. The van der Waals surface area contributed by atoms with Gasteiger partial charge in [0.25, 0.3) is 0 Å². The Bertz CT molecular complexity index is 442. The van der Waals surface area contributed by atoms with Crippen LogP contribution in [-0.4, -0.2) is 38.1 Å². The van der Waals surface area contributed by atoms with E-state index in [9.17, 15) is 10.2 Å². The standard InChI is InChI=1S/C11H14O6/c1-14-8-6-5(12)4-17-9(6)11(16-3)7(13)10(8)15-2/h5,12-13H,4H2,1-3H3. The van der Waals surface area contributed by atoms with Crippen molar-refractivity contribution in [2.75, 3.05) is 27.9 Å². The third-order valence-corrected chi connectivity index (χ3v) is 2.66. The Morgan fingerprint density at radius 1 is 1.06 bits per heavy atom. The summed E-state index contributed by atoms with van der Waals surface area (Å²) in [5.41, 5.74) is 0.430. The van der Waals surface area contributed by atoms with Crippen molar-refractivity contribution in [2.24, 2.45) is 0 Å². The molecular formula is C11H14O6. The molecule has 0 saturated carbocycles. The minimum absolute atomic E-state index is 0.0919. The summed E-state index contributed by atoms with van der Waals surface area (Å²) >= 11 is 0. The molecule has 1 atom stereocenters. The Morgan fingerprint density at radius 2 is 1.65 bits per heavy atom. The maximum atomic E-state index is 9.96. The fourth-order valence-electron chi connectivity index (χ4n) is 1.94. The summed E-state index contributed by atoms with van der Waals surface area (Å²) in [6.45, 7) is 0.0919. The molecule has 2 rings (SSSR count). The zero-order valence-electron chi connectivity index (χ0n) is 9.81. The van der Waals surface area contributed by atoms with Crippen molar-refractivity contribution in [2.45, 2.75) is 6.10 Å². The number of ether oxygens (including phenoxy) is 4. The fraction of sp³-hybridized carbons (Fsp3) is 0.455. The van der Waals surface area contributed by atoms with E-state index in [0.717, 1.165) is 0 Å². The van der Waals surface area contributed by atoms with Gasteiger partial charge in [0, 0.05) is 0 Å². The van der Waals surface area contributed by atoms with Gasteiger partial charge in [-0.3, -0.25) is 0 Å². The lowest BCUT2D eigenvalue weighted by Gasteiger charge is -2.16. The highest BCUT2D eigenvalue weighted by Crippen LogP contribution is 2.56. The summed E-state index contributed by atoms with van der Waals surface area (Å²) in [7, 11) is 4.22. The Morgan fingerprint density at radius 3 is 2.18 bits per heavy atom. The monoisotopic (exact) mass is 242 g/mol. The highest BCUT2D eigenvalue weighted by molar-refractivity contribution is 5.71. The maximum Gasteiger partial charge on any atom is 0.208 e. The molecule has 1 aromatic carbocycles. The number of hydrogen-bond donors (Lipinski definition) is 2. The van der Waals surface area contributed by atoms with Crippen molar-refractivity contribution in [3.8, 4) is 28.7 Å². The lowest BCUT2D eigenvalue weighted by molar-refractivity contribution is 0.137. The van der Waals surface area contributed by atoms with Crippen molar-refractivity contribution in [1.82, 2.24) is 0 Å². The van der Waals surface area contributed by atoms with E-state index in [-0.39, 0.29) is 35.4 Å². The molecule has 1 aliphatic rings. The second-order valence-corrected chi connectivity index (χ2v) is 3.52. The third-order valence-electron chi connectivity index (χ3n) is 2.66. The second kappa shape index (κ2) is 4.21. The van der Waals surface area contributed by atoms with Gasteiger partial charge in [0.2, 0.25) is 17.2 Å². The van der Waals surface area contributed by atoms with Gasteiger partial charge in [0.1, 0.15) is 12.7 Å². The molecular weight excluding hydrogens is 228 g/mol. The van der Waals surface area contributed by atoms with E-state index in [1.54, 1.807) is 0 Å². The van der Waals surface area contributed by atoms with Crippen LogP contribution in [0.5, 0.6) is 28.7 Å². The first-order chi connectivity index (χ1) is 8.15. The van der Waals surface area contributed by atoms with Gasteiger partial charge in [-0.25, -0.2) is 0 Å². The number of aliphatic hydroxyl groups is 1. The van der Waals surface area contributed by atoms with Crippen LogP contribution in [-0.2, 0) is 0 Å². The highest BCUT2D eigenvalue weighted by Gasteiger charge is 2.35. The predicted octanol–water partition coefficient (Wildman–Crippen LogP) is 0.844. The Labute approximate surface area is 98.3 Å². The molecule has 0 aromatic heterocycles. The van der Waals surface area contributed by atoms with Crippen molar-refractivity contribution < 1.29 is 29.2 Å². The van der Waals surface area contributed by atoms with Gasteiger partial charge in [-0.1, -0.05) is 0 Å². The third kappa shape index (κ3) is 1.52. The Hall–Kier alpha value is -1.82. The minimum atomic E-state index is -0.830. The first-order valence-corrected chi connectivity index (χ1v) is 5.01. The van der Waals surface area contributed by atoms with Gasteiger partial charge in [0.05, 0.1) is 26.9 Å².